The standard InChI is InChI=1S/C19H27N3O3/c1-6-20(7-2)13-17-18(23)21(14(4)5)19(24)22(17)15-9-11-16(12-10-15)25-8-3/h9-14H,6-8H2,1-5H3. The highest BCUT2D eigenvalue weighted by atomic mass is 16.5. The molecular formula is C19H27N3O3. The number of hydrogen-bond acceptors (Lipinski definition) is 4. The van der Waals surface area contributed by atoms with Gasteiger partial charge in [0.05, 0.1) is 12.3 Å². The number of carbonyl (C=O) groups is 2. The highest BCUT2D eigenvalue weighted by Crippen LogP contribution is 2.31. The second-order valence-corrected chi connectivity index (χ2v) is 6.05. The number of benzene rings is 1. The van der Waals surface area contributed by atoms with Gasteiger partial charge in [-0.15, -0.1) is 0 Å². The lowest BCUT2D eigenvalue weighted by molar-refractivity contribution is -0.124. The topological polar surface area (TPSA) is 53.1 Å². The molecular weight excluding hydrogens is 318 g/mol. The number of amides is 3. The molecule has 1 aliphatic heterocycles. The first-order valence-electron chi connectivity index (χ1n) is 8.80. The van der Waals surface area contributed by atoms with Crippen molar-refractivity contribution in [2.45, 2.75) is 40.7 Å². The van der Waals surface area contributed by atoms with Gasteiger partial charge in [-0.05, 0) is 58.9 Å². The Hall–Kier alpha value is -2.50. The highest BCUT2D eigenvalue weighted by Gasteiger charge is 2.43. The smallest absolute Gasteiger partial charge is 0.336 e. The first-order chi connectivity index (χ1) is 11.9. The van der Waals surface area contributed by atoms with Crippen LogP contribution in [0.25, 0.3) is 0 Å². The van der Waals surface area contributed by atoms with Crippen molar-refractivity contribution >= 4 is 17.6 Å². The molecule has 1 saturated heterocycles. The van der Waals surface area contributed by atoms with Gasteiger partial charge < -0.3 is 9.64 Å². The van der Waals surface area contributed by atoms with Crippen molar-refractivity contribution in [2.24, 2.45) is 0 Å². The van der Waals surface area contributed by atoms with Gasteiger partial charge in [-0.25, -0.2) is 4.79 Å². The SMILES string of the molecule is CCOc1ccc(N2C(=O)N(C(C)C)C(=O)C2=CN(CC)CC)cc1. The Balaban J connectivity index is 2.46. The Labute approximate surface area is 149 Å². The number of nitrogens with zero attached hydrogens (tertiary/aromatic N) is 3. The first-order valence-corrected chi connectivity index (χ1v) is 8.80. The maximum atomic E-state index is 12.9. The molecule has 1 aromatic carbocycles. The van der Waals surface area contributed by atoms with Gasteiger partial charge in [0.2, 0.25) is 0 Å². The van der Waals surface area contributed by atoms with Gasteiger partial charge in [-0.3, -0.25) is 14.6 Å². The zero-order chi connectivity index (χ0) is 18.6. The van der Waals surface area contributed by atoms with Crippen LogP contribution >= 0.6 is 0 Å². The van der Waals surface area contributed by atoms with Crippen LogP contribution in [0.2, 0.25) is 0 Å². The third kappa shape index (κ3) is 3.78. The van der Waals surface area contributed by atoms with E-state index in [1.807, 2.05) is 51.7 Å². The summed E-state index contributed by atoms with van der Waals surface area (Å²) in [6, 6.07) is 6.70. The fraction of sp³-hybridized carbons (Fsp3) is 0.474. The molecule has 0 spiro atoms. The number of anilines is 1. The molecule has 1 aromatic rings. The van der Waals surface area contributed by atoms with Gasteiger partial charge in [0.1, 0.15) is 11.4 Å². The second-order valence-electron chi connectivity index (χ2n) is 6.05. The molecule has 6 heteroatoms. The Kier molecular flexibility index (Phi) is 6.07. The molecule has 2 rings (SSSR count). The minimum Gasteiger partial charge on any atom is -0.494 e. The lowest BCUT2D eigenvalue weighted by Gasteiger charge is -2.21. The van der Waals surface area contributed by atoms with Gasteiger partial charge in [-0.2, -0.15) is 0 Å². The van der Waals surface area contributed by atoms with E-state index in [4.69, 9.17) is 4.74 Å². The van der Waals surface area contributed by atoms with E-state index in [0.717, 1.165) is 18.8 Å². The second kappa shape index (κ2) is 8.05. The van der Waals surface area contributed by atoms with Crippen molar-refractivity contribution in [2.75, 3.05) is 24.6 Å². The average Bonchev–Trinajstić information content (AvgIpc) is 2.83. The number of imide groups is 1. The molecule has 1 heterocycles. The molecule has 1 fully saturated rings. The molecule has 0 aliphatic carbocycles. The molecule has 136 valence electrons. The molecule has 0 bridgehead atoms. The summed E-state index contributed by atoms with van der Waals surface area (Å²) in [4.78, 5) is 30.5. The quantitative estimate of drug-likeness (QED) is 0.561. The van der Waals surface area contributed by atoms with Crippen LogP contribution in [0.3, 0.4) is 0 Å². The van der Waals surface area contributed by atoms with E-state index in [-0.39, 0.29) is 18.0 Å². The van der Waals surface area contributed by atoms with Crippen LogP contribution in [0.5, 0.6) is 5.75 Å². The predicted molar refractivity (Wildman–Crippen MR) is 98.5 cm³/mol. The third-order valence-electron chi connectivity index (χ3n) is 4.12. The van der Waals surface area contributed by atoms with Crippen molar-refractivity contribution in [3.05, 3.63) is 36.2 Å². The number of urea groups is 1. The average molecular weight is 345 g/mol. The van der Waals surface area contributed by atoms with Gasteiger partial charge in [-0.1, -0.05) is 0 Å². The number of rotatable bonds is 7. The van der Waals surface area contributed by atoms with Crippen molar-refractivity contribution in [3.63, 3.8) is 0 Å². The monoisotopic (exact) mass is 345 g/mol. The van der Waals surface area contributed by atoms with E-state index >= 15 is 0 Å². The van der Waals surface area contributed by atoms with Gasteiger partial charge >= 0.3 is 6.03 Å². The van der Waals surface area contributed by atoms with E-state index in [2.05, 4.69) is 0 Å². The third-order valence-corrected chi connectivity index (χ3v) is 4.12. The van der Waals surface area contributed by atoms with Crippen LogP contribution < -0.4 is 9.64 Å². The van der Waals surface area contributed by atoms with E-state index in [0.29, 0.717) is 18.0 Å². The Bertz CT molecular complexity index is 648. The zero-order valence-electron chi connectivity index (χ0n) is 15.7. The maximum Gasteiger partial charge on any atom is 0.336 e. The maximum absolute atomic E-state index is 12.9. The summed E-state index contributed by atoms with van der Waals surface area (Å²) in [6.07, 6.45) is 1.78. The lowest BCUT2D eigenvalue weighted by atomic mass is 10.2. The molecule has 0 N–H and O–H groups in total. The molecule has 3 amide bonds. The Morgan fingerprint density at radius 3 is 2.16 bits per heavy atom. The van der Waals surface area contributed by atoms with Crippen LogP contribution in [-0.2, 0) is 4.79 Å². The van der Waals surface area contributed by atoms with Gasteiger partial charge in [0.15, 0.2) is 0 Å². The van der Waals surface area contributed by atoms with Crippen LogP contribution in [0.4, 0.5) is 10.5 Å². The largest absolute Gasteiger partial charge is 0.494 e. The molecule has 0 saturated carbocycles. The van der Waals surface area contributed by atoms with Crippen LogP contribution in [0.15, 0.2) is 36.2 Å². The number of ether oxygens (including phenoxy) is 1. The summed E-state index contributed by atoms with van der Waals surface area (Å²) < 4.78 is 5.45. The molecule has 6 nitrogen and oxygen atoms in total. The summed E-state index contributed by atoms with van der Waals surface area (Å²) in [5, 5.41) is 0. The van der Waals surface area contributed by atoms with Crippen LogP contribution in [0, 0.1) is 0 Å². The van der Waals surface area contributed by atoms with E-state index in [1.54, 1.807) is 18.3 Å². The Morgan fingerprint density at radius 2 is 1.68 bits per heavy atom. The number of hydrogen-bond donors (Lipinski definition) is 0. The van der Waals surface area contributed by atoms with E-state index < -0.39 is 0 Å². The van der Waals surface area contributed by atoms with Crippen molar-refractivity contribution in [3.8, 4) is 5.75 Å². The zero-order valence-corrected chi connectivity index (χ0v) is 15.7. The molecule has 0 radical (unpaired) electrons. The minimum absolute atomic E-state index is 0.201. The summed E-state index contributed by atoms with van der Waals surface area (Å²) in [7, 11) is 0. The lowest BCUT2D eigenvalue weighted by Crippen LogP contribution is -2.38. The normalized spacial score (nSPS) is 16.3. The fourth-order valence-corrected chi connectivity index (χ4v) is 2.77. The highest BCUT2D eigenvalue weighted by molar-refractivity contribution is 6.21. The molecule has 0 unspecified atom stereocenters. The molecule has 0 aromatic heterocycles. The number of carbonyl (C=O) groups excluding carboxylic acids is 2. The van der Waals surface area contributed by atoms with E-state index in [1.165, 1.54) is 9.80 Å². The fourth-order valence-electron chi connectivity index (χ4n) is 2.77. The van der Waals surface area contributed by atoms with Gasteiger partial charge in [0.25, 0.3) is 5.91 Å². The summed E-state index contributed by atoms with van der Waals surface area (Å²) in [5.74, 6) is 0.472. The van der Waals surface area contributed by atoms with Crippen molar-refractivity contribution in [1.29, 1.82) is 0 Å². The minimum atomic E-state index is -0.317. The molecule has 0 atom stereocenters. The molecule has 1 aliphatic rings. The van der Waals surface area contributed by atoms with E-state index in [9.17, 15) is 9.59 Å². The Morgan fingerprint density at radius 1 is 1.08 bits per heavy atom. The molecule has 25 heavy (non-hydrogen) atoms. The summed E-state index contributed by atoms with van der Waals surface area (Å²) in [6.45, 7) is 11.7. The summed E-state index contributed by atoms with van der Waals surface area (Å²) in [5.41, 5.74) is 1.04. The summed E-state index contributed by atoms with van der Waals surface area (Å²) >= 11 is 0. The van der Waals surface area contributed by atoms with Crippen LogP contribution in [0.1, 0.15) is 34.6 Å². The van der Waals surface area contributed by atoms with Gasteiger partial charge in [0, 0.05) is 25.3 Å². The van der Waals surface area contributed by atoms with Crippen LogP contribution in [-0.4, -0.2) is 47.5 Å². The predicted octanol–water partition coefficient (Wildman–Crippen LogP) is 3.45. The van der Waals surface area contributed by atoms with Crippen molar-refractivity contribution in [1.82, 2.24) is 9.80 Å². The first kappa shape index (κ1) is 18.8. The van der Waals surface area contributed by atoms with Crippen molar-refractivity contribution < 1.29 is 14.3 Å².